The highest BCUT2D eigenvalue weighted by Gasteiger charge is 2.43. The second-order valence-corrected chi connectivity index (χ2v) is 6.01. The predicted molar refractivity (Wildman–Crippen MR) is 87.9 cm³/mol. The molecule has 0 N–H and O–H groups in total. The van der Waals surface area contributed by atoms with Gasteiger partial charge in [0.2, 0.25) is 0 Å². The molecule has 2 atom stereocenters. The Hall–Kier alpha value is -1.91. The maximum Gasteiger partial charge on any atom is 0.336 e. The van der Waals surface area contributed by atoms with Gasteiger partial charge in [-0.1, -0.05) is 25.5 Å². The van der Waals surface area contributed by atoms with Crippen molar-refractivity contribution in [3.63, 3.8) is 0 Å². The molecule has 2 rings (SSSR count). The van der Waals surface area contributed by atoms with Crippen molar-refractivity contribution < 1.29 is 19.1 Å². The number of allylic oxidation sites excluding steroid dienone is 1. The quantitative estimate of drug-likeness (QED) is 0.557. The molecule has 0 radical (unpaired) electrons. The lowest BCUT2D eigenvalue weighted by atomic mass is 9.74. The standard InChI is InChI=1S/C18H25NO4/c1-4-10-23-18(21)15-12(3)19-11-14(17(20)22-5-2)16(15)13-8-6-7-9-13/h4,11,13-14,16H,1,5-10H2,2-3H3/t14?,16-/m1/s1. The Labute approximate surface area is 137 Å². The molecule has 0 aromatic heterocycles. The zero-order valence-corrected chi connectivity index (χ0v) is 13.9. The van der Waals surface area contributed by atoms with Gasteiger partial charge in [0.25, 0.3) is 0 Å². The summed E-state index contributed by atoms with van der Waals surface area (Å²) in [5.74, 6) is -1.13. The van der Waals surface area contributed by atoms with Crippen LogP contribution in [0.1, 0.15) is 39.5 Å². The second kappa shape index (κ2) is 8.09. The van der Waals surface area contributed by atoms with Crippen molar-refractivity contribution in [2.75, 3.05) is 13.2 Å². The molecule has 0 amide bonds. The van der Waals surface area contributed by atoms with Crippen LogP contribution in [0.4, 0.5) is 0 Å². The average Bonchev–Trinajstić information content (AvgIpc) is 3.06. The molecule has 0 spiro atoms. The van der Waals surface area contributed by atoms with E-state index in [0.29, 0.717) is 17.9 Å². The molecular formula is C18H25NO4. The van der Waals surface area contributed by atoms with Gasteiger partial charge < -0.3 is 9.47 Å². The van der Waals surface area contributed by atoms with Crippen LogP contribution in [0.5, 0.6) is 0 Å². The normalized spacial score (nSPS) is 24.6. The number of nitrogens with zero attached hydrogens (tertiary/aromatic N) is 1. The lowest BCUT2D eigenvalue weighted by Gasteiger charge is -2.32. The summed E-state index contributed by atoms with van der Waals surface area (Å²) in [5.41, 5.74) is 1.16. The van der Waals surface area contributed by atoms with Crippen molar-refractivity contribution in [1.82, 2.24) is 0 Å². The SMILES string of the molecule is C=CCOC(=O)C1=C(C)N=CC(C(=O)OCC)[C@H]1C1CCCC1. The third kappa shape index (κ3) is 3.89. The Morgan fingerprint density at radius 3 is 2.65 bits per heavy atom. The summed E-state index contributed by atoms with van der Waals surface area (Å²) in [6, 6.07) is 0. The van der Waals surface area contributed by atoms with Crippen LogP contribution < -0.4 is 0 Å². The Balaban J connectivity index is 2.33. The Kier molecular flexibility index (Phi) is 6.13. The van der Waals surface area contributed by atoms with Crippen LogP contribution >= 0.6 is 0 Å². The van der Waals surface area contributed by atoms with Crippen LogP contribution in [0.2, 0.25) is 0 Å². The number of ether oxygens (including phenoxy) is 2. The van der Waals surface area contributed by atoms with Crippen molar-refractivity contribution >= 4 is 18.2 Å². The van der Waals surface area contributed by atoms with Crippen LogP contribution in [0.3, 0.4) is 0 Å². The summed E-state index contributed by atoms with van der Waals surface area (Å²) in [5, 5.41) is 0. The van der Waals surface area contributed by atoms with E-state index in [1.807, 2.05) is 0 Å². The molecular weight excluding hydrogens is 294 g/mol. The van der Waals surface area contributed by atoms with E-state index >= 15 is 0 Å². The highest BCUT2D eigenvalue weighted by Crippen LogP contribution is 2.42. The minimum Gasteiger partial charge on any atom is -0.465 e. The van der Waals surface area contributed by atoms with Crippen molar-refractivity contribution in [2.24, 2.45) is 22.7 Å². The summed E-state index contributed by atoms with van der Waals surface area (Å²) in [6.45, 7) is 7.61. The molecule has 0 bridgehead atoms. The maximum absolute atomic E-state index is 12.5. The van der Waals surface area contributed by atoms with Crippen LogP contribution in [-0.4, -0.2) is 31.4 Å². The molecule has 126 valence electrons. The first-order chi connectivity index (χ1) is 11.1. The molecule has 1 aliphatic carbocycles. The minimum atomic E-state index is -0.506. The molecule has 5 heteroatoms. The molecule has 0 aromatic rings. The van der Waals surface area contributed by atoms with Gasteiger partial charge in [-0.25, -0.2) is 4.79 Å². The topological polar surface area (TPSA) is 65.0 Å². The number of carbonyl (C=O) groups is 2. The van der Waals surface area contributed by atoms with E-state index in [9.17, 15) is 9.59 Å². The van der Waals surface area contributed by atoms with Gasteiger partial charge in [0.05, 0.1) is 18.1 Å². The molecule has 1 fully saturated rings. The van der Waals surface area contributed by atoms with Gasteiger partial charge in [-0.3, -0.25) is 9.79 Å². The third-order valence-electron chi connectivity index (χ3n) is 4.56. The molecule has 1 heterocycles. The first kappa shape index (κ1) is 17.4. The minimum absolute atomic E-state index is 0.154. The first-order valence-corrected chi connectivity index (χ1v) is 8.29. The van der Waals surface area contributed by atoms with Gasteiger partial charge in [0.15, 0.2) is 0 Å². The summed E-state index contributed by atoms with van der Waals surface area (Å²) < 4.78 is 10.4. The van der Waals surface area contributed by atoms with Crippen LogP contribution in [0, 0.1) is 17.8 Å². The summed E-state index contributed by atoms with van der Waals surface area (Å²) in [4.78, 5) is 29.1. The third-order valence-corrected chi connectivity index (χ3v) is 4.56. The van der Waals surface area contributed by atoms with Gasteiger partial charge in [0.1, 0.15) is 6.61 Å². The Morgan fingerprint density at radius 1 is 1.35 bits per heavy atom. The fraction of sp³-hybridized carbons (Fsp3) is 0.611. The lowest BCUT2D eigenvalue weighted by molar-refractivity contribution is -0.147. The number of rotatable bonds is 6. The zero-order chi connectivity index (χ0) is 16.8. The number of aliphatic imine (C=N–C) groups is 1. The summed E-state index contributed by atoms with van der Waals surface area (Å²) in [7, 11) is 0. The highest BCUT2D eigenvalue weighted by molar-refractivity contribution is 5.98. The largest absolute Gasteiger partial charge is 0.465 e. The van der Waals surface area contributed by atoms with Crippen LogP contribution in [0.25, 0.3) is 0 Å². The van der Waals surface area contributed by atoms with Gasteiger partial charge in [-0.15, -0.1) is 0 Å². The van der Waals surface area contributed by atoms with Crippen molar-refractivity contribution in [3.05, 3.63) is 23.9 Å². The molecule has 1 unspecified atom stereocenters. The fourth-order valence-electron chi connectivity index (χ4n) is 3.56. The number of esters is 2. The smallest absolute Gasteiger partial charge is 0.336 e. The summed E-state index contributed by atoms with van der Waals surface area (Å²) >= 11 is 0. The molecule has 23 heavy (non-hydrogen) atoms. The highest BCUT2D eigenvalue weighted by atomic mass is 16.5. The van der Waals surface area contributed by atoms with E-state index < -0.39 is 11.9 Å². The number of hydrogen-bond donors (Lipinski definition) is 0. The Bertz CT molecular complexity index is 529. The van der Waals surface area contributed by atoms with E-state index in [0.717, 1.165) is 25.7 Å². The van der Waals surface area contributed by atoms with E-state index in [4.69, 9.17) is 9.47 Å². The van der Waals surface area contributed by atoms with Crippen molar-refractivity contribution in [1.29, 1.82) is 0 Å². The molecule has 0 aromatic carbocycles. The Morgan fingerprint density at radius 2 is 2.04 bits per heavy atom. The zero-order valence-electron chi connectivity index (χ0n) is 13.9. The monoisotopic (exact) mass is 319 g/mol. The van der Waals surface area contributed by atoms with Gasteiger partial charge >= 0.3 is 11.9 Å². The maximum atomic E-state index is 12.5. The lowest BCUT2D eigenvalue weighted by Crippen LogP contribution is -2.37. The van der Waals surface area contributed by atoms with Crippen LogP contribution in [-0.2, 0) is 19.1 Å². The number of hydrogen-bond acceptors (Lipinski definition) is 5. The summed E-state index contributed by atoms with van der Waals surface area (Å²) in [6.07, 6.45) is 7.46. The molecule has 2 aliphatic rings. The van der Waals surface area contributed by atoms with Crippen molar-refractivity contribution in [3.8, 4) is 0 Å². The van der Waals surface area contributed by atoms with Gasteiger partial charge in [-0.2, -0.15) is 0 Å². The predicted octanol–water partition coefficient (Wildman–Crippen LogP) is 3.06. The van der Waals surface area contributed by atoms with Crippen LogP contribution in [0.15, 0.2) is 28.9 Å². The first-order valence-electron chi connectivity index (χ1n) is 8.29. The van der Waals surface area contributed by atoms with Gasteiger partial charge in [0, 0.05) is 17.8 Å². The second-order valence-electron chi connectivity index (χ2n) is 6.01. The fourth-order valence-corrected chi connectivity index (χ4v) is 3.56. The molecule has 1 aliphatic heterocycles. The van der Waals surface area contributed by atoms with E-state index in [1.54, 1.807) is 20.1 Å². The molecule has 5 nitrogen and oxygen atoms in total. The van der Waals surface area contributed by atoms with Gasteiger partial charge in [-0.05, 0) is 32.6 Å². The average molecular weight is 319 g/mol. The number of carbonyl (C=O) groups excluding carboxylic acids is 2. The molecule has 1 saturated carbocycles. The van der Waals surface area contributed by atoms with E-state index in [2.05, 4.69) is 11.6 Å². The molecule has 0 saturated heterocycles. The van der Waals surface area contributed by atoms with E-state index in [1.165, 1.54) is 6.08 Å². The van der Waals surface area contributed by atoms with E-state index in [-0.39, 0.29) is 24.4 Å². The van der Waals surface area contributed by atoms with Crippen molar-refractivity contribution in [2.45, 2.75) is 39.5 Å².